The van der Waals surface area contributed by atoms with E-state index in [1.54, 1.807) is 0 Å². The zero-order chi connectivity index (χ0) is 21.2. The van der Waals surface area contributed by atoms with Gasteiger partial charge < -0.3 is 9.52 Å². The third-order valence-electron chi connectivity index (χ3n) is 6.90. The van der Waals surface area contributed by atoms with Crippen LogP contribution >= 0.6 is 23.2 Å². The van der Waals surface area contributed by atoms with E-state index in [0.29, 0.717) is 21.1 Å². The summed E-state index contributed by atoms with van der Waals surface area (Å²) >= 11 is 12.6. The fourth-order valence-electron chi connectivity index (χ4n) is 5.30. The van der Waals surface area contributed by atoms with Gasteiger partial charge in [-0.25, -0.2) is 4.98 Å². The molecule has 7 rings (SSSR count). The highest BCUT2D eigenvalue weighted by Gasteiger charge is 2.42. The minimum Gasteiger partial charge on any atom is -0.564 e. The van der Waals surface area contributed by atoms with Gasteiger partial charge in [-0.1, -0.05) is 47.5 Å². The van der Waals surface area contributed by atoms with Crippen LogP contribution in [-0.4, -0.2) is 23.0 Å². The topological polar surface area (TPSA) is 52.3 Å². The fourth-order valence-corrected chi connectivity index (χ4v) is 5.59. The Hall–Kier alpha value is -2.53. The lowest BCUT2D eigenvalue weighted by molar-refractivity contribution is -0.299. The average Bonchev–Trinajstić information content (AvgIpc) is 2.98. The molecule has 6 heteroatoms. The van der Waals surface area contributed by atoms with Crippen LogP contribution in [0.25, 0.3) is 22.2 Å². The highest BCUT2D eigenvalue weighted by atomic mass is 35.5. The maximum Gasteiger partial charge on any atom is 0.156 e. The van der Waals surface area contributed by atoms with Crippen molar-refractivity contribution in [1.29, 1.82) is 0 Å². The molecule has 0 N–H and O–H groups in total. The van der Waals surface area contributed by atoms with E-state index in [0.717, 1.165) is 43.6 Å². The first-order valence-corrected chi connectivity index (χ1v) is 11.2. The average molecular weight is 450 g/mol. The molecule has 4 aromatic rings. The summed E-state index contributed by atoms with van der Waals surface area (Å²) in [6.45, 7) is 3.04. The Morgan fingerprint density at radius 2 is 1.68 bits per heavy atom. The Morgan fingerprint density at radius 1 is 0.903 bits per heavy atom. The number of oxazole rings is 1. The predicted molar refractivity (Wildman–Crippen MR) is 121 cm³/mol. The Labute approximate surface area is 190 Å². The number of halogens is 2. The van der Waals surface area contributed by atoms with Gasteiger partial charge in [0.05, 0.1) is 15.6 Å². The van der Waals surface area contributed by atoms with Crippen molar-refractivity contribution < 1.29 is 9.52 Å². The third kappa shape index (κ3) is 3.05. The first-order valence-electron chi connectivity index (χ1n) is 10.4. The van der Waals surface area contributed by atoms with Crippen LogP contribution < -0.4 is 5.11 Å². The van der Waals surface area contributed by atoms with Crippen LogP contribution in [0.4, 0.5) is 0 Å². The van der Waals surface area contributed by atoms with Gasteiger partial charge in [0, 0.05) is 17.5 Å². The number of hydrogen-bond acceptors (Lipinski definition) is 4. The molecule has 0 atom stereocenters. The second-order valence-corrected chi connectivity index (χ2v) is 9.34. The van der Waals surface area contributed by atoms with Crippen molar-refractivity contribution in [3.8, 4) is 17.2 Å². The molecule has 156 valence electrons. The Balaban J connectivity index is 1.49. The van der Waals surface area contributed by atoms with Crippen molar-refractivity contribution in [1.82, 2.24) is 9.88 Å². The zero-order valence-corrected chi connectivity index (χ0v) is 18.2. The molecule has 4 heterocycles. The second-order valence-electron chi connectivity index (χ2n) is 8.52. The minimum absolute atomic E-state index is 0.0541. The van der Waals surface area contributed by atoms with E-state index in [-0.39, 0.29) is 5.41 Å². The van der Waals surface area contributed by atoms with Crippen molar-refractivity contribution in [3.63, 3.8) is 0 Å². The Morgan fingerprint density at radius 3 is 2.48 bits per heavy atom. The lowest BCUT2D eigenvalue weighted by atomic mass is 9.68. The second kappa shape index (κ2) is 6.99. The van der Waals surface area contributed by atoms with Crippen molar-refractivity contribution >= 4 is 34.3 Å². The number of piperidine rings is 1. The molecule has 0 unspecified atom stereocenters. The molecule has 0 saturated carbocycles. The molecule has 1 saturated heterocycles. The summed E-state index contributed by atoms with van der Waals surface area (Å²) in [5.74, 6) is 0. The van der Waals surface area contributed by atoms with Crippen molar-refractivity contribution in [2.24, 2.45) is 0 Å². The van der Waals surface area contributed by atoms with E-state index >= 15 is 0 Å². The van der Waals surface area contributed by atoms with E-state index in [1.807, 2.05) is 30.3 Å². The molecule has 0 aliphatic carbocycles. The van der Waals surface area contributed by atoms with Gasteiger partial charge in [-0.05, 0) is 84.1 Å². The van der Waals surface area contributed by atoms with Crippen LogP contribution in [0.5, 0.6) is 6.08 Å². The van der Waals surface area contributed by atoms with Gasteiger partial charge in [0.1, 0.15) is 0 Å². The number of fused-ring (bicyclic) bond motifs is 3. The minimum atomic E-state index is -0.554. The standard InChI is InChI=1S/C25H20Cl2N2O2/c26-20-5-3-18(13-21(20)27)25-7-9-29(10-8-25)14-17-11-15(1-4-19(17)25)16-2-6-22-23(12-16)31-24(30)28-22/h1-6,11-13H,7-10,14H2,(H,28,30)/p-1. The monoisotopic (exact) mass is 449 g/mol. The summed E-state index contributed by atoms with van der Waals surface area (Å²) < 4.78 is 5.20. The van der Waals surface area contributed by atoms with Gasteiger partial charge in [0.15, 0.2) is 6.08 Å². The van der Waals surface area contributed by atoms with E-state index in [4.69, 9.17) is 27.6 Å². The summed E-state index contributed by atoms with van der Waals surface area (Å²) in [4.78, 5) is 6.39. The Bertz CT molecular complexity index is 1320. The van der Waals surface area contributed by atoms with Gasteiger partial charge in [0.25, 0.3) is 0 Å². The van der Waals surface area contributed by atoms with Crippen LogP contribution in [0.3, 0.4) is 0 Å². The van der Waals surface area contributed by atoms with Crippen LogP contribution in [0.15, 0.2) is 59.0 Å². The molecule has 0 amide bonds. The normalized spacial score (nSPS) is 22.5. The fraction of sp³-hybridized carbons (Fsp3) is 0.240. The number of aromatic nitrogens is 1. The number of hydrogen-bond donors (Lipinski definition) is 0. The molecule has 1 aromatic heterocycles. The van der Waals surface area contributed by atoms with Gasteiger partial charge in [-0.3, -0.25) is 4.90 Å². The maximum absolute atomic E-state index is 11.5. The summed E-state index contributed by atoms with van der Waals surface area (Å²) in [7, 11) is 0. The number of benzene rings is 3. The van der Waals surface area contributed by atoms with Gasteiger partial charge >= 0.3 is 0 Å². The molecular formula is C25H19Cl2N2O2-. The van der Waals surface area contributed by atoms with Gasteiger partial charge in [-0.15, -0.1) is 0 Å². The van der Waals surface area contributed by atoms with E-state index in [9.17, 15) is 5.11 Å². The first kappa shape index (κ1) is 19.2. The quantitative estimate of drug-likeness (QED) is 0.389. The highest BCUT2D eigenvalue weighted by Crippen LogP contribution is 2.48. The lowest BCUT2D eigenvalue weighted by Crippen LogP contribution is -2.39. The summed E-state index contributed by atoms with van der Waals surface area (Å²) in [6, 6.07) is 18.5. The number of rotatable bonds is 2. The van der Waals surface area contributed by atoms with Crippen LogP contribution in [0.1, 0.15) is 29.5 Å². The third-order valence-corrected chi connectivity index (χ3v) is 7.64. The van der Waals surface area contributed by atoms with Gasteiger partial charge in [-0.2, -0.15) is 0 Å². The van der Waals surface area contributed by atoms with Crippen LogP contribution in [-0.2, 0) is 12.0 Å². The smallest absolute Gasteiger partial charge is 0.156 e. The molecular weight excluding hydrogens is 431 g/mol. The molecule has 3 aromatic carbocycles. The maximum atomic E-state index is 11.5. The largest absolute Gasteiger partial charge is 0.564 e. The molecule has 3 aliphatic heterocycles. The lowest BCUT2D eigenvalue weighted by Gasteiger charge is -2.39. The van der Waals surface area contributed by atoms with Crippen LogP contribution in [0.2, 0.25) is 10.0 Å². The van der Waals surface area contributed by atoms with Gasteiger partial charge in [0.2, 0.25) is 0 Å². The van der Waals surface area contributed by atoms with Crippen molar-refractivity contribution in [2.75, 3.05) is 13.1 Å². The molecule has 3 aliphatic rings. The van der Waals surface area contributed by atoms with E-state index in [2.05, 4.69) is 34.1 Å². The SMILES string of the molecule is [O-]c1nc2ccc(-c3ccc4c(c3)CN3CCC4(c4ccc(Cl)c(Cl)c4)CC3)cc2o1. The van der Waals surface area contributed by atoms with Crippen molar-refractivity contribution in [2.45, 2.75) is 24.8 Å². The van der Waals surface area contributed by atoms with Crippen LogP contribution in [0, 0.1) is 0 Å². The zero-order valence-electron chi connectivity index (χ0n) is 16.7. The molecule has 4 nitrogen and oxygen atoms in total. The molecule has 1 fully saturated rings. The molecule has 0 radical (unpaired) electrons. The molecule has 0 spiro atoms. The van der Waals surface area contributed by atoms with Crippen molar-refractivity contribution in [3.05, 3.63) is 81.3 Å². The highest BCUT2D eigenvalue weighted by molar-refractivity contribution is 6.42. The summed E-state index contributed by atoms with van der Waals surface area (Å²) in [5.41, 5.74) is 7.13. The van der Waals surface area contributed by atoms with E-state index < -0.39 is 6.08 Å². The predicted octanol–water partition coefficient (Wildman–Crippen LogP) is 5.77. The summed E-state index contributed by atoms with van der Waals surface area (Å²) in [6.07, 6.45) is 1.57. The first-order chi connectivity index (χ1) is 15.0. The van der Waals surface area contributed by atoms with E-state index in [1.165, 1.54) is 16.7 Å². The number of nitrogens with zero attached hydrogens (tertiary/aromatic N) is 2. The summed E-state index contributed by atoms with van der Waals surface area (Å²) in [5, 5.41) is 12.7. The molecule has 31 heavy (non-hydrogen) atoms. The molecule has 2 bridgehead atoms. The Kier molecular flexibility index (Phi) is 4.32.